The Hall–Kier alpha value is -0.790. The fourth-order valence-electron chi connectivity index (χ4n) is 2.96. The first-order valence-electron chi connectivity index (χ1n) is 6.75. The van der Waals surface area contributed by atoms with Gasteiger partial charge in [0.25, 0.3) is 0 Å². The van der Waals surface area contributed by atoms with E-state index in [1.54, 1.807) is 27.7 Å². The van der Waals surface area contributed by atoms with E-state index in [0.717, 1.165) is 0 Å². The maximum absolute atomic E-state index is 12.0. The van der Waals surface area contributed by atoms with Gasteiger partial charge in [0, 0.05) is 0 Å². The van der Waals surface area contributed by atoms with Gasteiger partial charge in [0.2, 0.25) is 0 Å². The highest BCUT2D eigenvalue weighted by Crippen LogP contribution is 2.44. The average molecular weight is 284 g/mol. The Bertz CT molecular complexity index is 443. The van der Waals surface area contributed by atoms with Crippen molar-refractivity contribution in [2.24, 2.45) is 0 Å². The molecule has 3 heterocycles. The van der Waals surface area contributed by atoms with Crippen molar-refractivity contribution in [3.63, 3.8) is 0 Å². The Morgan fingerprint density at radius 2 is 1.50 bits per heavy atom. The zero-order chi connectivity index (χ0) is 14.7. The maximum atomic E-state index is 12.0. The molecule has 0 unspecified atom stereocenters. The van der Waals surface area contributed by atoms with Crippen LogP contribution in [0.3, 0.4) is 0 Å². The first-order valence-corrected chi connectivity index (χ1v) is 6.75. The number of hydrogen-bond donors (Lipinski definition) is 0. The van der Waals surface area contributed by atoms with Crippen LogP contribution in [0.15, 0.2) is 12.7 Å². The molecule has 0 amide bonds. The van der Waals surface area contributed by atoms with E-state index in [2.05, 4.69) is 6.58 Å². The minimum Gasteiger partial charge on any atom is -0.342 e. The molecule has 0 aliphatic carbocycles. The average Bonchev–Trinajstić information content (AvgIpc) is 2.81. The molecule has 0 saturated carbocycles. The van der Waals surface area contributed by atoms with Crippen molar-refractivity contribution >= 4 is 5.78 Å². The van der Waals surface area contributed by atoms with E-state index in [0.29, 0.717) is 0 Å². The lowest BCUT2D eigenvalue weighted by Crippen LogP contribution is -2.57. The zero-order valence-corrected chi connectivity index (χ0v) is 12.1. The molecule has 3 aliphatic heterocycles. The lowest BCUT2D eigenvalue weighted by atomic mass is 9.96. The molecular weight excluding hydrogens is 264 g/mol. The van der Waals surface area contributed by atoms with Crippen molar-refractivity contribution in [3.8, 4) is 0 Å². The number of carbonyl (C=O) groups is 1. The second-order valence-corrected chi connectivity index (χ2v) is 6.20. The molecular formula is C14H20O6. The van der Waals surface area contributed by atoms with Gasteiger partial charge < -0.3 is 23.7 Å². The Kier molecular flexibility index (Phi) is 3.08. The molecule has 3 saturated heterocycles. The lowest BCUT2D eigenvalue weighted by Gasteiger charge is -2.36. The predicted octanol–water partition coefficient (Wildman–Crippen LogP) is 1.14. The molecule has 5 atom stereocenters. The van der Waals surface area contributed by atoms with Gasteiger partial charge in [-0.15, -0.1) is 0 Å². The fraction of sp³-hybridized carbons (Fsp3) is 0.786. The van der Waals surface area contributed by atoms with E-state index in [1.807, 2.05) is 0 Å². The van der Waals surface area contributed by atoms with Gasteiger partial charge in [0.1, 0.15) is 18.3 Å². The molecule has 3 aliphatic rings. The smallest absolute Gasteiger partial charge is 0.190 e. The molecule has 3 fully saturated rings. The SMILES string of the molecule is C=CC(=O)[C@H]1O[C@@H]2OC(C)(C)O[C@@H]2[C@H]2OC(C)(C)O[C@H]21. The Morgan fingerprint density at radius 1 is 0.950 bits per heavy atom. The summed E-state index contributed by atoms with van der Waals surface area (Å²) in [5, 5.41) is 0. The zero-order valence-electron chi connectivity index (χ0n) is 12.1. The molecule has 0 aromatic carbocycles. The quantitative estimate of drug-likeness (QED) is 0.709. The van der Waals surface area contributed by atoms with Gasteiger partial charge >= 0.3 is 0 Å². The highest BCUT2D eigenvalue weighted by molar-refractivity contribution is 5.93. The van der Waals surface area contributed by atoms with Gasteiger partial charge in [-0.05, 0) is 33.8 Å². The number of hydrogen-bond acceptors (Lipinski definition) is 6. The second-order valence-electron chi connectivity index (χ2n) is 6.20. The van der Waals surface area contributed by atoms with Crippen LogP contribution in [0.2, 0.25) is 0 Å². The van der Waals surface area contributed by atoms with Crippen molar-refractivity contribution in [1.29, 1.82) is 0 Å². The van der Waals surface area contributed by atoms with Crippen LogP contribution in [0.1, 0.15) is 27.7 Å². The monoisotopic (exact) mass is 284 g/mol. The van der Waals surface area contributed by atoms with Crippen LogP contribution in [-0.2, 0) is 28.5 Å². The van der Waals surface area contributed by atoms with Crippen LogP contribution < -0.4 is 0 Å². The molecule has 0 aromatic heterocycles. The number of fused-ring (bicyclic) bond motifs is 3. The van der Waals surface area contributed by atoms with Gasteiger partial charge in [-0.1, -0.05) is 6.58 Å². The predicted molar refractivity (Wildman–Crippen MR) is 67.7 cm³/mol. The summed E-state index contributed by atoms with van der Waals surface area (Å²) < 4.78 is 29.0. The molecule has 3 rings (SSSR count). The fourth-order valence-corrected chi connectivity index (χ4v) is 2.96. The first kappa shape index (κ1) is 14.2. The minimum absolute atomic E-state index is 0.243. The van der Waals surface area contributed by atoms with Crippen LogP contribution in [0.25, 0.3) is 0 Å². The summed E-state index contributed by atoms with van der Waals surface area (Å²) in [6.45, 7) is 10.7. The Labute approximate surface area is 118 Å². The third-order valence-electron chi connectivity index (χ3n) is 3.64. The Morgan fingerprint density at radius 3 is 2.15 bits per heavy atom. The largest absolute Gasteiger partial charge is 0.342 e. The normalized spacial score (nSPS) is 44.7. The molecule has 6 nitrogen and oxygen atoms in total. The van der Waals surface area contributed by atoms with E-state index in [1.165, 1.54) is 6.08 Å². The van der Waals surface area contributed by atoms with Crippen molar-refractivity contribution in [2.75, 3.05) is 0 Å². The third-order valence-corrected chi connectivity index (χ3v) is 3.64. The second kappa shape index (κ2) is 4.35. The van der Waals surface area contributed by atoms with Crippen LogP contribution in [0.4, 0.5) is 0 Å². The summed E-state index contributed by atoms with van der Waals surface area (Å²) in [4.78, 5) is 12.0. The molecule has 0 radical (unpaired) electrons. The highest BCUT2D eigenvalue weighted by atomic mass is 16.9. The molecule has 0 N–H and O–H groups in total. The van der Waals surface area contributed by atoms with E-state index in [4.69, 9.17) is 23.7 Å². The minimum atomic E-state index is -0.788. The molecule has 0 spiro atoms. The van der Waals surface area contributed by atoms with E-state index < -0.39 is 42.3 Å². The number of rotatable bonds is 2. The van der Waals surface area contributed by atoms with Gasteiger partial charge in [0.05, 0.1) is 0 Å². The topological polar surface area (TPSA) is 63.2 Å². The molecule has 0 bridgehead atoms. The van der Waals surface area contributed by atoms with Crippen molar-refractivity contribution in [1.82, 2.24) is 0 Å². The summed E-state index contributed by atoms with van der Waals surface area (Å²) >= 11 is 0. The van der Waals surface area contributed by atoms with Gasteiger partial charge in [-0.2, -0.15) is 0 Å². The van der Waals surface area contributed by atoms with E-state index >= 15 is 0 Å². The summed E-state index contributed by atoms with van der Waals surface area (Å²) in [6, 6.07) is 0. The van der Waals surface area contributed by atoms with Gasteiger partial charge in [0.15, 0.2) is 29.8 Å². The molecule has 20 heavy (non-hydrogen) atoms. The third kappa shape index (κ3) is 2.21. The maximum Gasteiger partial charge on any atom is 0.190 e. The number of ether oxygens (including phenoxy) is 5. The summed E-state index contributed by atoms with van der Waals surface area (Å²) in [6.07, 6.45) is -1.52. The van der Waals surface area contributed by atoms with Crippen LogP contribution in [0.5, 0.6) is 0 Å². The van der Waals surface area contributed by atoms with Gasteiger partial charge in [-0.3, -0.25) is 4.79 Å². The standard InChI is InChI=1S/C14H20O6/c1-6-7(15)8-9-10(18-13(2,3)17-9)11-12(16-8)20-14(4,5)19-11/h6,8-12H,1H2,2-5H3/t8-,9+,10+,11-,12-/m1/s1. The van der Waals surface area contributed by atoms with Crippen LogP contribution >= 0.6 is 0 Å². The Balaban J connectivity index is 1.91. The number of carbonyl (C=O) groups excluding carboxylic acids is 1. The van der Waals surface area contributed by atoms with Crippen molar-refractivity contribution < 1.29 is 28.5 Å². The van der Waals surface area contributed by atoms with E-state index in [9.17, 15) is 4.79 Å². The highest BCUT2D eigenvalue weighted by Gasteiger charge is 2.61. The first-order chi connectivity index (χ1) is 9.22. The molecule has 0 aromatic rings. The lowest BCUT2D eigenvalue weighted by molar-refractivity contribution is -0.229. The van der Waals surface area contributed by atoms with Crippen LogP contribution in [-0.4, -0.2) is 48.1 Å². The van der Waals surface area contributed by atoms with E-state index in [-0.39, 0.29) is 5.78 Å². The van der Waals surface area contributed by atoms with Crippen LogP contribution in [0, 0.1) is 0 Å². The summed E-state index contributed by atoms with van der Waals surface area (Å²) in [5.41, 5.74) is 0. The summed E-state index contributed by atoms with van der Waals surface area (Å²) in [7, 11) is 0. The molecule has 6 heteroatoms. The van der Waals surface area contributed by atoms with Gasteiger partial charge in [-0.25, -0.2) is 0 Å². The van der Waals surface area contributed by atoms with Crippen molar-refractivity contribution in [3.05, 3.63) is 12.7 Å². The summed E-state index contributed by atoms with van der Waals surface area (Å²) in [5.74, 6) is -1.81. The molecule has 112 valence electrons. The van der Waals surface area contributed by atoms with Crippen molar-refractivity contribution in [2.45, 2.75) is 70.0 Å². The number of ketones is 1.